The molecule has 0 unspecified atom stereocenters. The van der Waals surface area contributed by atoms with Crippen LogP contribution in [-0.4, -0.2) is 47.2 Å². The summed E-state index contributed by atoms with van der Waals surface area (Å²) in [6.45, 7) is 1.53. The van der Waals surface area contributed by atoms with Crippen molar-refractivity contribution in [3.63, 3.8) is 0 Å². The SMILES string of the molecule is COc1ccc(-c2noc(CCCC(=O)N3CCC(N)CC3)n2)cc1.Cl. The van der Waals surface area contributed by atoms with E-state index in [-0.39, 0.29) is 24.4 Å². The molecule has 0 bridgehead atoms. The van der Waals surface area contributed by atoms with Crippen molar-refractivity contribution < 1.29 is 14.1 Å². The van der Waals surface area contributed by atoms with Gasteiger partial charge in [-0.05, 0) is 43.5 Å². The standard InChI is InChI=1S/C18H24N4O3.ClH/c1-24-15-7-5-13(6-8-15)18-20-16(25-21-18)3-2-4-17(23)22-11-9-14(19)10-12-22;/h5-8,14H,2-4,9-12,19H2,1H3;1H. The van der Waals surface area contributed by atoms with Crippen molar-refractivity contribution >= 4 is 18.3 Å². The first-order valence-electron chi connectivity index (χ1n) is 8.66. The van der Waals surface area contributed by atoms with Crippen LogP contribution in [0.2, 0.25) is 0 Å². The number of hydrogen-bond donors (Lipinski definition) is 1. The number of amides is 1. The topological polar surface area (TPSA) is 94.5 Å². The van der Waals surface area contributed by atoms with Crippen LogP contribution in [0.25, 0.3) is 11.4 Å². The highest BCUT2D eigenvalue weighted by Gasteiger charge is 2.20. The monoisotopic (exact) mass is 380 g/mol. The van der Waals surface area contributed by atoms with Gasteiger partial charge >= 0.3 is 0 Å². The predicted molar refractivity (Wildman–Crippen MR) is 100 cm³/mol. The van der Waals surface area contributed by atoms with Gasteiger partial charge in [-0.2, -0.15) is 4.98 Å². The number of methoxy groups -OCH3 is 1. The van der Waals surface area contributed by atoms with E-state index in [2.05, 4.69) is 10.1 Å². The molecule has 2 heterocycles. The molecule has 0 radical (unpaired) electrons. The van der Waals surface area contributed by atoms with Crippen LogP contribution in [0.15, 0.2) is 28.8 Å². The number of hydrogen-bond acceptors (Lipinski definition) is 6. The zero-order valence-corrected chi connectivity index (χ0v) is 15.7. The summed E-state index contributed by atoms with van der Waals surface area (Å²) >= 11 is 0. The fourth-order valence-corrected chi connectivity index (χ4v) is 2.91. The van der Waals surface area contributed by atoms with E-state index < -0.39 is 0 Å². The van der Waals surface area contributed by atoms with Crippen LogP contribution >= 0.6 is 12.4 Å². The number of likely N-dealkylation sites (tertiary alicyclic amines) is 1. The number of piperidine rings is 1. The van der Waals surface area contributed by atoms with E-state index in [1.54, 1.807) is 7.11 Å². The molecule has 26 heavy (non-hydrogen) atoms. The largest absolute Gasteiger partial charge is 0.497 e. The molecule has 0 saturated carbocycles. The molecule has 1 aromatic carbocycles. The van der Waals surface area contributed by atoms with Gasteiger partial charge in [-0.3, -0.25) is 4.79 Å². The first kappa shape index (κ1) is 20.2. The summed E-state index contributed by atoms with van der Waals surface area (Å²) in [5.41, 5.74) is 6.74. The lowest BCUT2D eigenvalue weighted by molar-refractivity contribution is -0.132. The summed E-state index contributed by atoms with van der Waals surface area (Å²) in [7, 11) is 1.63. The number of nitrogens with zero attached hydrogens (tertiary/aromatic N) is 3. The first-order chi connectivity index (χ1) is 12.2. The Morgan fingerprint density at radius 2 is 2.00 bits per heavy atom. The molecule has 7 nitrogen and oxygen atoms in total. The number of ether oxygens (including phenoxy) is 1. The fourth-order valence-electron chi connectivity index (χ4n) is 2.91. The second-order valence-electron chi connectivity index (χ2n) is 6.31. The van der Waals surface area contributed by atoms with Gasteiger partial charge in [0.2, 0.25) is 17.6 Å². The number of aromatic nitrogens is 2. The van der Waals surface area contributed by atoms with Gasteiger partial charge in [-0.15, -0.1) is 12.4 Å². The summed E-state index contributed by atoms with van der Waals surface area (Å²) in [5, 5.41) is 4.00. The van der Waals surface area contributed by atoms with Gasteiger partial charge in [0, 0.05) is 37.5 Å². The molecule has 1 amide bonds. The molecule has 2 N–H and O–H groups in total. The highest BCUT2D eigenvalue weighted by molar-refractivity contribution is 5.85. The molecule has 0 atom stereocenters. The molecule has 3 rings (SSSR count). The average Bonchev–Trinajstić information content (AvgIpc) is 3.11. The minimum atomic E-state index is 0. The third-order valence-electron chi connectivity index (χ3n) is 4.49. The quantitative estimate of drug-likeness (QED) is 0.827. The van der Waals surface area contributed by atoms with Gasteiger partial charge in [-0.25, -0.2) is 0 Å². The zero-order chi connectivity index (χ0) is 17.6. The highest BCUT2D eigenvalue weighted by atomic mass is 35.5. The van der Waals surface area contributed by atoms with Crippen molar-refractivity contribution in [2.45, 2.75) is 38.1 Å². The number of aryl methyl sites for hydroxylation is 1. The van der Waals surface area contributed by atoms with E-state index in [4.69, 9.17) is 15.0 Å². The van der Waals surface area contributed by atoms with E-state index in [9.17, 15) is 4.79 Å². The molecule has 8 heteroatoms. The summed E-state index contributed by atoms with van der Waals surface area (Å²) in [6.07, 6.45) is 3.57. The summed E-state index contributed by atoms with van der Waals surface area (Å²) in [5.74, 6) is 2.07. The number of benzene rings is 1. The minimum Gasteiger partial charge on any atom is -0.497 e. The maximum absolute atomic E-state index is 12.2. The Balaban J connectivity index is 0.00000243. The molecule has 1 aliphatic heterocycles. The molecule has 0 aliphatic carbocycles. The number of carbonyl (C=O) groups is 1. The third-order valence-corrected chi connectivity index (χ3v) is 4.49. The van der Waals surface area contributed by atoms with Gasteiger partial charge < -0.3 is 19.9 Å². The Kier molecular flexibility index (Phi) is 7.41. The van der Waals surface area contributed by atoms with Gasteiger partial charge in [0.15, 0.2) is 0 Å². The van der Waals surface area contributed by atoms with Gasteiger partial charge in [-0.1, -0.05) is 5.16 Å². The van der Waals surface area contributed by atoms with Crippen LogP contribution in [0.3, 0.4) is 0 Å². The van der Waals surface area contributed by atoms with Crippen molar-refractivity contribution in [3.8, 4) is 17.1 Å². The molecular formula is C18H25ClN4O3. The van der Waals surface area contributed by atoms with Crippen LogP contribution in [0.4, 0.5) is 0 Å². The number of carbonyl (C=O) groups excluding carboxylic acids is 1. The first-order valence-corrected chi connectivity index (χ1v) is 8.66. The molecule has 142 valence electrons. The molecule has 1 fully saturated rings. The second kappa shape index (κ2) is 9.54. The van der Waals surface area contributed by atoms with Gasteiger partial charge in [0.25, 0.3) is 0 Å². The lowest BCUT2D eigenvalue weighted by atomic mass is 10.1. The van der Waals surface area contributed by atoms with Crippen molar-refractivity contribution in [3.05, 3.63) is 30.2 Å². The Hall–Kier alpha value is -2.12. The molecule has 1 saturated heterocycles. The molecule has 1 aliphatic rings. The van der Waals surface area contributed by atoms with Gasteiger partial charge in [0.05, 0.1) is 7.11 Å². The van der Waals surface area contributed by atoms with Crippen LogP contribution in [0.5, 0.6) is 5.75 Å². The molecule has 0 spiro atoms. The second-order valence-corrected chi connectivity index (χ2v) is 6.31. The van der Waals surface area contributed by atoms with Gasteiger partial charge in [0.1, 0.15) is 5.75 Å². The Bertz CT molecular complexity index is 697. The summed E-state index contributed by atoms with van der Waals surface area (Å²) in [6, 6.07) is 7.72. The summed E-state index contributed by atoms with van der Waals surface area (Å²) in [4.78, 5) is 18.5. The Labute approximate surface area is 159 Å². The highest BCUT2D eigenvalue weighted by Crippen LogP contribution is 2.20. The van der Waals surface area contributed by atoms with E-state index >= 15 is 0 Å². The van der Waals surface area contributed by atoms with Crippen LogP contribution in [0, 0.1) is 0 Å². The lowest BCUT2D eigenvalue weighted by Crippen LogP contribution is -2.42. The van der Waals surface area contributed by atoms with E-state index in [0.29, 0.717) is 31.0 Å². The maximum Gasteiger partial charge on any atom is 0.226 e. The summed E-state index contributed by atoms with van der Waals surface area (Å²) < 4.78 is 10.4. The van der Waals surface area contributed by atoms with Crippen molar-refractivity contribution in [1.29, 1.82) is 0 Å². The average molecular weight is 381 g/mol. The normalized spacial score (nSPS) is 14.8. The van der Waals surface area contributed by atoms with Crippen molar-refractivity contribution in [2.24, 2.45) is 5.73 Å². The van der Waals surface area contributed by atoms with E-state index in [0.717, 1.165) is 37.2 Å². The fraction of sp³-hybridized carbons (Fsp3) is 0.500. The van der Waals surface area contributed by atoms with Crippen LogP contribution < -0.4 is 10.5 Å². The minimum absolute atomic E-state index is 0. The lowest BCUT2D eigenvalue weighted by Gasteiger charge is -2.30. The Morgan fingerprint density at radius 3 is 2.65 bits per heavy atom. The molecule has 2 aromatic rings. The number of rotatable bonds is 6. The smallest absolute Gasteiger partial charge is 0.226 e. The number of halogens is 1. The molecule has 1 aromatic heterocycles. The molecular weight excluding hydrogens is 356 g/mol. The van der Waals surface area contributed by atoms with Crippen LogP contribution in [-0.2, 0) is 11.2 Å². The Morgan fingerprint density at radius 1 is 1.31 bits per heavy atom. The number of nitrogens with two attached hydrogens (primary N) is 1. The van der Waals surface area contributed by atoms with Crippen molar-refractivity contribution in [2.75, 3.05) is 20.2 Å². The van der Waals surface area contributed by atoms with Crippen LogP contribution in [0.1, 0.15) is 31.6 Å². The van der Waals surface area contributed by atoms with E-state index in [1.165, 1.54) is 0 Å². The third kappa shape index (κ3) is 5.19. The van der Waals surface area contributed by atoms with Crippen molar-refractivity contribution in [1.82, 2.24) is 15.0 Å². The van der Waals surface area contributed by atoms with E-state index in [1.807, 2.05) is 29.2 Å². The predicted octanol–water partition coefficient (Wildman–Crippen LogP) is 2.44. The zero-order valence-electron chi connectivity index (χ0n) is 14.9. The maximum atomic E-state index is 12.2.